The topological polar surface area (TPSA) is 12.0 Å². The van der Waals surface area contributed by atoms with Crippen LogP contribution in [0.3, 0.4) is 0 Å². The van der Waals surface area contributed by atoms with Gasteiger partial charge in [-0.05, 0) is 51.4 Å². The first-order chi connectivity index (χ1) is 6.47. The Morgan fingerprint density at radius 1 is 1.29 bits per heavy atom. The van der Waals surface area contributed by atoms with Crippen LogP contribution >= 0.6 is 15.9 Å². The van der Waals surface area contributed by atoms with Crippen LogP contribution in [0.15, 0.2) is 28.7 Å². The van der Waals surface area contributed by atoms with E-state index in [9.17, 15) is 0 Å². The van der Waals surface area contributed by atoms with Crippen molar-refractivity contribution in [3.05, 3.63) is 34.3 Å². The predicted octanol–water partition coefficient (Wildman–Crippen LogP) is 3.38. The molecule has 1 rings (SSSR count). The normalized spacial score (nSPS) is 11.7. The highest BCUT2D eigenvalue weighted by molar-refractivity contribution is 9.10. The summed E-state index contributed by atoms with van der Waals surface area (Å²) >= 11 is 3.47. The highest BCUT2D eigenvalue weighted by atomic mass is 79.9. The van der Waals surface area contributed by atoms with E-state index in [1.165, 1.54) is 5.56 Å². The highest BCUT2D eigenvalue weighted by Crippen LogP contribution is 2.12. The second-order valence-corrected chi connectivity index (χ2v) is 5.47. The van der Waals surface area contributed by atoms with Gasteiger partial charge in [-0.2, -0.15) is 0 Å². The molecule has 0 unspecified atom stereocenters. The van der Waals surface area contributed by atoms with E-state index in [2.05, 4.69) is 66.3 Å². The quantitative estimate of drug-likeness (QED) is 0.874. The van der Waals surface area contributed by atoms with Gasteiger partial charge in [-0.15, -0.1) is 0 Å². The lowest BCUT2D eigenvalue weighted by atomic mass is 10.1. The lowest BCUT2D eigenvalue weighted by Crippen LogP contribution is -2.37. The summed E-state index contributed by atoms with van der Waals surface area (Å²) in [5, 5.41) is 3.47. The van der Waals surface area contributed by atoms with Crippen LogP contribution in [0, 0.1) is 0 Å². The van der Waals surface area contributed by atoms with E-state index in [4.69, 9.17) is 0 Å². The maximum Gasteiger partial charge on any atom is 0.0178 e. The zero-order chi connectivity index (χ0) is 10.6. The Balaban J connectivity index is 2.39. The molecule has 1 N–H and O–H groups in total. The van der Waals surface area contributed by atoms with Gasteiger partial charge in [-0.3, -0.25) is 0 Å². The monoisotopic (exact) mass is 255 g/mol. The van der Waals surface area contributed by atoms with Crippen LogP contribution in [0.4, 0.5) is 0 Å². The van der Waals surface area contributed by atoms with Crippen molar-refractivity contribution in [3.8, 4) is 0 Å². The first-order valence-electron chi connectivity index (χ1n) is 4.97. The number of rotatable bonds is 3. The van der Waals surface area contributed by atoms with Crippen molar-refractivity contribution in [1.82, 2.24) is 5.32 Å². The zero-order valence-corrected chi connectivity index (χ0v) is 10.7. The molecule has 0 heterocycles. The molecule has 0 saturated carbocycles. The van der Waals surface area contributed by atoms with E-state index in [1.807, 2.05) is 0 Å². The molecule has 0 saturated heterocycles. The Hall–Kier alpha value is -0.340. The van der Waals surface area contributed by atoms with E-state index in [0.717, 1.165) is 17.4 Å². The van der Waals surface area contributed by atoms with Gasteiger partial charge in [0, 0.05) is 10.0 Å². The van der Waals surface area contributed by atoms with Crippen molar-refractivity contribution in [2.45, 2.75) is 32.7 Å². The largest absolute Gasteiger partial charge is 0.312 e. The zero-order valence-electron chi connectivity index (χ0n) is 9.10. The third-order valence-electron chi connectivity index (χ3n) is 1.96. The van der Waals surface area contributed by atoms with Gasteiger partial charge >= 0.3 is 0 Å². The minimum absolute atomic E-state index is 0.214. The second-order valence-electron chi connectivity index (χ2n) is 4.56. The molecule has 0 aliphatic carbocycles. The highest BCUT2D eigenvalue weighted by Gasteiger charge is 2.07. The average molecular weight is 256 g/mol. The van der Waals surface area contributed by atoms with E-state index in [0.29, 0.717) is 0 Å². The van der Waals surface area contributed by atoms with Crippen LogP contribution in [0.25, 0.3) is 0 Å². The Bertz CT molecular complexity index is 289. The molecule has 0 bridgehead atoms. The fraction of sp³-hybridized carbons (Fsp3) is 0.500. The fourth-order valence-electron chi connectivity index (χ4n) is 1.27. The van der Waals surface area contributed by atoms with Gasteiger partial charge < -0.3 is 5.32 Å². The van der Waals surface area contributed by atoms with Gasteiger partial charge in [-0.1, -0.05) is 28.1 Å². The van der Waals surface area contributed by atoms with Crippen molar-refractivity contribution < 1.29 is 0 Å². The molecule has 0 aliphatic rings. The van der Waals surface area contributed by atoms with Gasteiger partial charge in [0.25, 0.3) is 0 Å². The van der Waals surface area contributed by atoms with Crippen molar-refractivity contribution in [1.29, 1.82) is 0 Å². The van der Waals surface area contributed by atoms with Crippen LogP contribution in [0.1, 0.15) is 26.3 Å². The molecule has 0 aromatic heterocycles. The Morgan fingerprint density at radius 2 is 2.00 bits per heavy atom. The molecule has 14 heavy (non-hydrogen) atoms. The summed E-state index contributed by atoms with van der Waals surface area (Å²) in [4.78, 5) is 0. The number of benzene rings is 1. The van der Waals surface area contributed by atoms with Gasteiger partial charge in [0.05, 0.1) is 0 Å². The Labute approximate surface area is 95.0 Å². The summed E-state index contributed by atoms with van der Waals surface area (Å²) in [7, 11) is 0. The molecule has 0 radical (unpaired) electrons. The minimum Gasteiger partial charge on any atom is -0.312 e. The molecular weight excluding hydrogens is 238 g/mol. The lowest BCUT2D eigenvalue weighted by Gasteiger charge is -2.20. The molecule has 0 fully saturated rings. The number of hydrogen-bond acceptors (Lipinski definition) is 1. The number of hydrogen-bond donors (Lipinski definition) is 1. The molecule has 1 aromatic carbocycles. The van der Waals surface area contributed by atoms with Gasteiger partial charge in [0.15, 0.2) is 0 Å². The molecule has 2 heteroatoms. The van der Waals surface area contributed by atoms with Crippen molar-refractivity contribution in [2.75, 3.05) is 6.54 Å². The molecular formula is C12H18BrN. The summed E-state index contributed by atoms with van der Waals surface area (Å²) in [6.07, 6.45) is 1.08. The maximum absolute atomic E-state index is 3.47. The van der Waals surface area contributed by atoms with Crippen molar-refractivity contribution in [2.24, 2.45) is 0 Å². The molecule has 1 nitrogen and oxygen atoms in total. The van der Waals surface area contributed by atoms with E-state index in [-0.39, 0.29) is 5.54 Å². The maximum atomic E-state index is 3.47. The first kappa shape index (κ1) is 11.7. The summed E-state index contributed by atoms with van der Waals surface area (Å²) in [6.45, 7) is 7.59. The fourth-order valence-corrected chi connectivity index (χ4v) is 1.72. The third-order valence-corrected chi connectivity index (χ3v) is 2.45. The summed E-state index contributed by atoms with van der Waals surface area (Å²) in [5.41, 5.74) is 1.59. The van der Waals surface area contributed by atoms with Crippen LogP contribution in [0.2, 0.25) is 0 Å². The lowest BCUT2D eigenvalue weighted by molar-refractivity contribution is 0.429. The average Bonchev–Trinajstić information content (AvgIpc) is 2.01. The van der Waals surface area contributed by atoms with Gasteiger partial charge in [-0.25, -0.2) is 0 Å². The first-order valence-corrected chi connectivity index (χ1v) is 5.76. The van der Waals surface area contributed by atoms with Crippen LogP contribution in [0.5, 0.6) is 0 Å². The third kappa shape index (κ3) is 4.77. The second kappa shape index (κ2) is 4.94. The number of nitrogens with one attached hydrogen (secondary N) is 1. The number of halogens is 1. The SMILES string of the molecule is CC(C)(C)NCCc1cccc(Br)c1. The van der Waals surface area contributed by atoms with E-state index in [1.54, 1.807) is 0 Å². The van der Waals surface area contributed by atoms with Crippen molar-refractivity contribution in [3.63, 3.8) is 0 Å². The smallest absolute Gasteiger partial charge is 0.0178 e. The Kier molecular flexibility index (Phi) is 4.14. The van der Waals surface area contributed by atoms with Crippen LogP contribution in [-0.2, 0) is 6.42 Å². The van der Waals surface area contributed by atoms with Crippen LogP contribution in [-0.4, -0.2) is 12.1 Å². The van der Waals surface area contributed by atoms with Gasteiger partial charge in [0.1, 0.15) is 0 Å². The van der Waals surface area contributed by atoms with E-state index < -0.39 is 0 Å². The van der Waals surface area contributed by atoms with E-state index >= 15 is 0 Å². The van der Waals surface area contributed by atoms with Crippen molar-refractivity contribution >= 4 is 15.9 Å². The summed E-state index contributed by atoms with van der Waals surface area (Å²) < 4.78 is 1.16. The molecule has 0 aliphatic heterocycles. The predicted molar refractivity (Wildman–Crippen MR) is 65.6 cm³/mol. The molecule has 0 spiro atoms. The molecule has 0 amide bonds. The summed E-state index contributed by atoms with van der Waals surface area (Å²) in [5.74, 6) is 0. The molecule has 0 atom stereocenters. The molecule has 78 valence electrons. The standard InChI is InChI=1S/C12H18BrN/c1-12(2,3)14-8-7-10-5-4-6-11(13)9-10/h4-6,9,14H,7-8H2,1-3H3. The Morgan fingerprint density at radius 3 is 2.57 bits per heavy atom. The van der Waals surface area contributed by atoms with Crippen LogP contribution < -0.4 is 5.32 Å². The summed E-state index contributed by atoms with van der Waals surface area (Å²) in [6, 6.07) is 8.47. The minimum atomic E-state index is 0.214. The molecule has 1 aromatic rings. The van der Waals surface area contributed by atoms with Gasteiger partial charge in [0.2, 0.25) is 0 Å².